The Balaban J connectivity index is 1.65. The third kappa shape index (κ3) is 4.65. The molecule has 2 heterocycles. The average Bonchev–Trinajstić information content (AvgIpc) is 2.95. The Hall–Kier alpha value is -1.33. The molecule has 0 saturated carbocycles. The fourth-order valence-electron chi connectivity index (χ4n) is 2.62. The van der Waals surface area contributed by atoms with E-state index < -0.39 is 0 Å². The number of rotatable bonds is 6. The summed E-state index contributed by atoms with van der Waals surface area (Å²) in [6.07, 6.45) is 4.11. The van der Waals surface area contributed by atoms with Crippen LogP contribution in [0, 0.1) is 5.92 Å². The smallest absolute Gasteiger partial charge is 0.237 e. The van der Waals surface area contributed by atoms with E-state index in [0.29, 0.717) is 12.5 Å². The summed E-state index contributed by atoms with van der Waals surface area (Å²) in [7, 11) is 2.16. The second-order valence-corrected chi connectivity index (χ2v) is 5.70. The Morgan fingerprint density at radius 3 is 3.15 bits per heavy atom. The van der Waals surface area contributed by atoms with Gasteiger partial charge >= 0.3 is 0 Å². The molecule has 1 fully saturated rings. The first-order valence-corrected chi connectivity index (χ1v) is 7.37. The zero-order valence-corrected chi connectivity index (χ0v) is 12.4. The summed E-state index contributed by atoms with van der Waals surface area (Å²) in [4.78, 5) is 14.3. The molecule has 1 aromatic heterocycles. The number of hydrogen-bond donors (Lipinski definition) is 2. The van der Waals surface area contributed by atoms with Gasteiger partial charge in [-0.05, 0) is 58.0 Å². The minimum Gasteiger partial charge on any atom is -0.467 e. The van der Waals surface area contributed by atoms with Crippen LogP contribution >= 0.6 is 0 Å². The first-order valence-electron chi connectivity index (χ1n) is 7.37. The Kier molecular flexibility index (Phi) is 5.61. The highest BCUT2D eigenvalue weighted by atomic mass is 16.3. The molecule has 1 aromatic rings. The largest absolute Gasteiger partial charge is 0.467 e. The molecule has 2 N–H and O–H groups in total. The fourth-order valence-corrected chi connectivity index (χ4v) is 2.62. The number of furan rings is 1. The van der Waals surface area contributed by atoms with Crippen LogP contribution in [0.1, 0.15) is 25.5 Å². The minimum atomic E-state index is -0.169. The van der Waals surface area contributed by atoms with Gasteiger partial charge in [0.2, 0.25) is 5.91 Å². The molecule has 1 aliphatic heterocycles. The monoisotopic (exact) mass is 279 g/mol. The summed E-state index contributed by atoms with van der Waals surface area (Å²) in [5.41, 5.74) is 0. The summed E-state index contributed by atoms with van der Waals surface area (Å²) in [6.45, 7) is 5.57. The summed E-state index contributed by atoms with van der Waals surface area (Å²) < 4.78 is 5.19. The van der Waals surface area contributed by atoms with E-state index in [9.17, 15) is 4.79 Å². The van der Waals surface area contributed by atoms with Crippen LogP contribution in [0.15, 0.2) is 22.8 Å². The van der Waals surface area contributed by atoms with Crippen molar-refractivity contribution >= 4 is 5.91 Å². The molecule has 0 spiro atoms. The summed E-state index contributed by atoms with van der Waals surface area (Å²) in [6, 6.07) is 3.51. The molecule has 0 aromatic carbocycles. The molecule has 1 amide bonds. The van der Waals surface area contributed by atoms with Gasteiger partial charge in [0, 0.05) is 6.54 Å². The Bertz CT molecular complexity index is 405. The highest BCUT2D eigenvalue weighted by molar-refractivity contribution is 5.81. The van der Waals surface area contributed by atoms with Gasteiger partial charge in [-0.15, -0.1) is 0 Å². The van der Waals surface area contributed by atoms with Gasteiger partial charge in [0.1, 0.15) is 5.76 Å². The van der Waals surface area contributed by atoms with Crippen molar-refractivity contribution in [2.24, 2.45) is 5.92 Å². The van der Waals surface area contributed by atoms with Gasteiger partial charge in [-0.1, -0.05) is 0 Å². The van der Waals surface area contributed by atoms with Crippen LogP contribution in [0.25, 0.3) is 0 Å². The molecule has 20 heavy (non-hydrogen) atoms. The lowest BCUT2D eigenvalue weighted by Crippen LogP contribution is -2.45. The van der Waals surface area contributed by atoms with E-state index in [1.807, 2.05) is 19.1 Å². The van der Waals surface area contributed by atoms with Crippen LogP contribution in [-0.2, 0) is 11.3 Å². The van der Waals surface area contributed by atoms with E-state index >= 15 is 0 Å². The lowest BCUT2D eigenvalue weighted by molar-refractivity contribution is -0.123. The molecule has 5 nitrogen and oxygen atoms in total. The van der Waals surface area contributed by atoms with E-state index in [1.54, 1.807) is 6.26 Å². The SMILES string of the molecule is CC(NCC1CCCN(C)C1)C(=O)NCc1ccco1. The van der Waals surface area contributed by atoms with E-state index in [-0.39, 0.29) is 11.9 Å². The van der Waals surface area contributed by atoms with E-state index in [4.69, 9.17) is 4.42 Å². The summed E-state index contributed by atoms with van der Waals surface area (Å²) in [5.74, 6) is 1.44. The predicted molar refractivity (Wildman–Crippen MR) is 78.2 cm³/mol. The minimum absolute atomic E-state index is 0.0190. The number of hydrogen-bond acceptors (Lipinski definition) is 4. The summed E-state index contributed by atoms with van der Waals surface area (Å²) in [5, 5.41) is 6.21. The Morgan fingerprint density at radius 1 is 1.60 bits per heavy atom. The van der Waals surface area contributed by atoms with Crippen molar-refractivity contribution in [2.75, 3.05) is 26.7 Å². The predicted octanol–water partition coefficient (Wildman–Crippen LogP) is 1.22. The van der Waals surface area contributed by atoms with Crippen molar-refractivity contribution in [2.45, 2.75) is 32.4 Å². The molecule has 0 bridgehead atoms. The van der Waals surface area contributed by atoms with Gasteiger partial charge in [0.25, 0.3) is 0 Å². The van der Waals surface area contributed by atoms with Crippen molar-refractivity contribution in [3.8, 4) is 0 Å². The molecule has 2 atom stereocenters. The van der Waals surface area contributed by atoms with E-state index in [2.05, 4.69) is 22.6 Å². The third-order valence-electron chi connectivity index (χ3n) is 3.85. The number of carbonyl (C=O) groups excluding carboxylic acids is 1. The van der Waals surface area contributed by atoms with Gasteiger partial charge < -0.3 is 20.0 Å². The zero-order valence-electron chi connectivity index (χ0n) is 12.4. The highest BCUT2D eigenvalue weighted by Crippen LogP contribution is 2.14. The van der Waals surface area contributed by atoms with Gasteiger partial charge in [-0.3, -0.25) is 4.79 Å². The molecular weight excluding hydrogens is 254 g/mol. The van der Waals surface area contributed by atoms with Crippen LogP contribution in [0.2, 0.25) is 0 Å². The Labute approximate surface area is 120 Å². The number of piperidine rings is 1. The second-order valence-electron chi connectivity index (χ2n) is 5.70. The molecule has 5 heteroatoms. The molecule has 2 rings (SSSR count). The maximum Gasteiger partial charge on any atom is 0.237 e. The quantitative estimate of drug-likeness (QED) is 0.822. The molecular formula is C15H25N3O2. The van der Waals surface area contributed by atoms with E-state index in [1.165, 1.54) is 19.4 Å². The molecule has 0 aliphatic carbocycles. The van der Waals surface area contributed by atoms with Gasteiger partial charge in [-0.2, -0.15) is 0 Å². The molecule has 1 aliphatic rings. The maximum atomic E-state index is 11.9. The standard InChI is InChI=1S/C15H25N3O2/c1-12(15(19)17-10-14-6-4-8-20-14)16-9-13-5-3-7-18(2)11-13/h4,6,8,12-13,16H,3,5,7,9-11H2,1-2H3,(H,17,19). The molecule has 2 unspecified atom stereocenters. The second kappa shape index (κ2) is 7.45. The van der Waals surface area contributed by atoms with Crippen molar-refractivity contribution in [3.05, 3.63) is 24.2 Å². The van der Waals surface area contributed by atoms with E-state index in [0.717, 1.165) is 18.8 Å². The van der Waals surface area contributed by atoms with Crippen LogP contribution in [-0.4, -0.2) is 43.5 Å². The third-order valence-corrected chi connectivity index (χ3v) is 3.85. The maximum absolute atomic E-state index is 11.9. The van der Waals surface area contributed by atoms with Crippen molar-refractivity contribution in [3.63, 3.8) is 0 Å². The summed E-state index contributed by atoms with van der Waals surface area (Å²) >= 11 is 0. The van der Waals surface area contributed by atoms with Crippen LogP contribution in [0.3, 0.4) is 0 Å². The first kappa shape index (κ1) is 15.1. The fraction of sp³-hybridized carbons (Fsp3) is 0.667. The number of nitrogens with one attached hydrogen (secondary N) is 2. The number of amides is 1. The van der Waals surface area contributed by atoms with Gasteiger partial charge in [0.15, 0.2) is 0 Å². The highest BCUT2D eigenvalue weighted by Gasteiger charge is 2.19. The lowest BCUT2D eigenvalue weighted by Gasteiger charge is -2.30. The number of likely N-dealkylation sites (tertiary alicyclic amines) is 1. The average molecular weight is 279 g/mol. The van der Waals surface area contributed by atoms with Gasteiger partial charge in [0.05, 0.1) is 18.8 Å². The molecule has 1 saturated heterocycles. The van der Waals surface area contributed by atoms with Crippen molar-refractivity contribution < 1.29 is 9.21 Å². The van der Waals surface area contributed by atoms with Crippen LogP contribution in [0.5, 0.6) is 0 Å². The first-order chi connectivity index (χ1) is 9.65. The topological polar surface area (TPSA) is 57.5 Å². The number of carbonyl (C=O) groups is 1. The Morgan fingerprint density at radius 2 is 2.45 bits per heavy atom. The van der Waals surface area contributed by atoms with Crippen molar-refractivity contribution in [1.29, 1.82) is 0 Å². The molecule has 112 valence electrons. The van der Waals surface area contributed by atoms with Crippen LogP contribution in [0.4, 0.5) is 0 Å². The number of nitrogens with zero attached hydrogens (tertiary/aromatic N) is 1. The van der Waals surface area contributed by atoms with Crippen LogP contribution < -0.4 is 10.6 Å². The zero-order chi connectivity index (χ0) is 14.4. The normalized spacial score (nSPS) is 21.6. The van der Waals surface area contributed by atoms with Gasteiger partial charge in [-0.25, -0.2) is 0 Å². The van der Waals surface area contributed by atoms with Crippen molar-refractivity contribution in [1.82, 2.24) is 15.5 Å². The lowest BCUT2D eigenvalue weighted by atomic mass is 9.98. The molecule has 0 radical (unpaired) electrons.